The van der Waals surface area contributed by atoms with Crippen LogP contribution < -0.4 is 15.1 Å². The zero-order valence-corrected chi connectivity index (χ0v) is 14.0. The zero-order chi connectivity index (χ0) is 18.3. The molecule has 0 aliphatic carbocycles. The van der Waals surface area contributed by atoms with Gasteiger partial charge < -0.3 is 9.64 Å². The number of amides is 2. The molecule has 2 aromatic heterocycles. The van der Waals surface area contributed by atoms with Gasteiger partial charge >= 0.3 is 12.0 Å². The third kappa shape index (κ3) is 2.71. The minimum absolute atomic E-state index is 0.0663. The Morgan fingerprint density at radius 3 is 2.88 bits per heavy atom. The molecule has 134 valence electrons. The van der Waals surface area contributed by atoms with E-state index < -0.39 is 17.8 Å². The molecule has 2 aromatic rings. The van der Waals surface area contributed by atoms with Gasteiger partial charge in [-0.25, -0.2) is 23.9 Å². The molecule has 0 saturated carbocycles. The van der Waals surface area contributed by atoms with E-state index in [9.17, 15) is 14.0 Å². The van der Waals surface area contributed by atoms with E-state index in [1.54, 1.807) is 12.1 Å². The summed E-state index contributed by atoms with van der Waals surface area (Å²) in [4.78, 5) is 36.5. The van der Waals surface area contributed by atoms with E-state index in [1.807, 2.05) is 0 Å². The smallest absolute Gasteiger partial charge is 0.356 e. The lowest BCUT2D eigenvalue weighted by molar-refractivity contribution is 0.0594. The van der Waals surface area contributed by atoms with Crippen LogP contribution in [-0.2, 0) is 4.74 Å². The predicted octanol–water partition coefficient (Wildman–Crippen LogP) is 2.03. The van der Waals surface area contributed by atoms with Gasteiger partial charge in [0.15, 0.2) is 11.5 Å². The number of carbonyl (C=O) groups excluding carboxylic acids is 2. The van der Waals surface area contributed by atoms with Crippen molar-refractivity contribution in [1.29, 1.82) is 0 Å². The molecule has 0 aromatic carbocycles. The summed E-state index contributed by atoms with van der Waals surface area (Å²) >= 11 is 0. The summed E-state index contributed by atoms with van der Waals surface area (Å²) in [5, 5.41) is 2.66. The van der Waals surface area contributed by atoms with Crippen molar-refractivity contribution >= 4 is 29.3 Å². The number of esters is 1. The summed E-state index contributed by atoms with van der Waals surface area (Å²) in [5.41, 5.74) is 0.917. The molecule has 1 fully saturated rings. The van der Waals surface area contributed by atoms with Crippen LogP contribution in [0.2, 0.25) is 0 Å². The maximum Gasteiger partial charge on any atom is 0.356 e. The van der Waals surface area contributed by atoms with Crippen LogP contribution in [0, 0.1) is 5.82 Å². The lowest BCUT2D eigenvalue weighted by Crippen LogP contribution is -2.48. The molecular weight excluding hydrogens is 341 g/mol. The van der Waals surface area contributed by atoms with Gasteiger partial charge in [-0.1, -0.05) is 0 Å². The van der Waals surface area contributed by atoms with Crippen LogP contribution in [0.5, 0.6) is 0 Å². The van der Waals surface area contributed by atoms with Gasteiger partial charge in [0.05, 0.1) is 25.0 Å². The lowest BCUT2D eigenvalue weighted by Gasteiger charge is -2.35. The van der Waals surface area contributed by atoms with Gasteiger partial charge in [0, 0.05) is 13.1 Å². The van der Waals surface area contributed by atoms with Gasteiger partial charge in [-0.2, -0.15) is 0 Å². The number of halogens is 1. The van der Waals surface area contributed by atoms with Crippen molar-refractivity contribution < 1.29 is 18.7 Å². The largest absolute Gasteiger partial charge is 0.464 e. The van der Waals surface area contributed by atoms with Crippen LogP contribution >= 0.6 is 0 Å². The van der Waals surface area contributed by atoms with Crippen molar-refractivity contribution in [3.8, 4) is 0 Å². The van der Waals surface area contributed by atoms with Gasteiger partial charge in [-0.3, -0.25) is 10.2 Å². The molecule has 9 heteroatoms. The minimum Gasteiger partial charge on any atom is -0.464 e. The highest BCUT2D eigenvalue weighted by atomic mass is 19.1. The third-order valence-corrected chi connectivity index (χ3v) is 4.53. The van der Waals surface area contributed by atoms with Gasteiger partial charge in [0.2, 0.25) is 0 Å². The van der Waals surface area contributed by atoms with Gasteiger partial charge in [0.25, 0.3) is 0 Å². The van der Waals surface area contributed by atoms with Crippen molar-refractivity contribution in [2.45, 2.75) is 12.5 Å². The molecule has 1 unspecified atom stereocenters. The lowest BCUT2D eigenvalue weighted by atomic mass is 10.2. The fourth-order valence-electron chi connectivity index (χ4n) is 3.31. The van der Waals surface area contributed by atoms with Crippen molar-refractivity contribution in [3.05, 3.63) is 42.0 Å². The normalized spacial score (nSPS) is 17.7. The van der Waals surface area contributed by atoms with E-state index in [2.05, 4.69) is 20.2 Å². The monoisotopic (exact) mass is 357 g/mol. The van der Waals surface area contributed by atoms with Gasteiger partial charge in [0.1, 0.15) is 11.6 Å². The van der Waals surface area contributed by atoms with E-state index >= 15 is 0 Å². The molecule has 8 nitrogen and oxygen atoms in total. The van der Waals surface area contributed by atoms with Gasteiger partial charge in [-0.05, 0) is 30.7 Å². The number of nitrogens with one attached hydrogen (secondary N) is 1. The fourth-order valence-corrected chi connectivity index (χ4v) is 3.31. The van der Waals surface area contributed by atoms with E-state index in [1.165, 1.54) is 24.1 Å². The van der Waals surface area contributed by atoms with Crippen LogP contribution in [0.4, 0.5) is 26.5 Å². The first-order chi connectivity index (χ1) is 12.6. The van der Waals surface area contributed by atoms with Crippen molar-refractivity contribution in [2.75, 3.05) is 35.3 Å². The first kappa shape index (κ1) is 16.2. The van der Waals surface area contributed by atoms with Crippen LogP contribution in [0.1, 0.15) is 16.9 Å². The molecule has 2 amide bonds. The number of aromatic nitrogens is 2. The average Bonchev–Trinajstić information content (AvgIpc) is 3.07. The molecule has 4 heterocycles. The number of rotatable bonds is 2. The molecule has 2 bridgehead atoms. The first-order valence-corrected chi connectivity index (χ1v) is 8.13. The molecule has 1 N–H and O–H groups in total. The van der Waals surface area contributed by atoms with Crippen molar-refractivity contribution in [1.82, 2.24) is 9.97 Å². The number of anilines is 3. The standard InChI is InChI=1S/C17H16FN5O3/c1-26-16(24)12-3-4-13-15(20-12)23(11-6-7-22(13)9-11)17(25)21-14-5-2-10(18)8-19-14/h2-5,8,11H,6-7,9H2,1H3,(H,19,21,25). The van der Waals surface area contributed by atoms with Crippen LogP contribution in [0.15, 0.2) is 30.5 Å². The molecule has 26 heavy (non-hydrogen) atoms. The van der Waals surface area contributed by atoms with Gasteiger partial charge in [-0.15, -0.1) is 0 Å². The van der Waals surface area contributed by atoms with E-state index in [0.717, 1.165) is 24.8 Å². The molecule has 4 rings (SSSR count). The van der Waals surface area contributed by atoms with Crippen LogP contribution in [0.25, 0.3) is 0 Å². The second-order valence-electron chi connectivity index (χ2n) is 6.08. The molecule has 2 aliphatic heterocycles. The van der Waals surface area contributed by atoms with Crippen LogP contribution in [-0.4, -0.2) is 48.2 Å². The van der Waals surface area contributed by atoms with Crippen molar-refractivity contribution in [3.63, 3.8) is 0 Å². The molecular formula is C17H16FN5O3. The number of hydrogen-bond acceptors (Lipinski definition) is 6. The predicted molar refractivity (Wildman–Crippen MR) is 91.9 cm³/mol. The summed E-state index contributed by atoms with van der Waals surface area (Å²) in [5.74, 6) is -0.410. The Hall–Kier alpha value is -3.23. The molecule has 1 atom stereocenters. The Bertz CT molecular complexity index is 873. The molecule has 1 saturated heterocycles. The Balaban J connectivity index is 1.68. The van der Waals surface area contributed by atoms with E-state index in [0.29, 0.717) is 12.4 Å². The second-order valence-corrected chi connectivity index (χ2v) is 6.08. The maximum atomic E-state index is 13.0. The highest BCUT2D eigenvalue weighted by molar-refractivity contribution is 6.04. The number of fused-ring (bicyclic) bond motifs is 4. The Labute approximate surface area is 148 Å². The highest BCUT2D eigenvalue weighted by Crippen LogP contribution is 2.39. The van der Waals surface area contributed by atoms with Crippen LogP contribution in [0.3, 0.4) is 0 Å². The summed E-state index contributed by atoms with van der Waals surface area (Å²) < 4.78 is 17.7. The molecule has 0 radical (unpaired) electrons. The Morgan fingerprint density at radius 2 is 2.15 bits per heavy atom. The number of carbonyl (C=O) groups is 2. The topological polar surface area (TPSA) is 87.7 Å². The van der Waals surface area contributed by atoms with Crippen molar-refractivity contribution in [2.24, 2.45) is 0 Å². The average molecular weight is 357 g/mol. The summed E-state index contributed by atoms with van der Waals surface area (Å²) in [6.45, 7) is 1.49. The second kappa shape index (κ2) is 6.25. The summed E-state index contributed by atoms with van der Waals surface area (Å²) in [6, 6.07) is 5.47. The number of nitrogens with zero attached hydrogens (tertiary/aromatic N) is 4. The van der Waals surface area contributed by atoms with E-state index in [-0.39, 0.29) is 17.6 Å². The Morgan fingerprint density at radius 1 is 1.31 bits per heavy atom. The van der Waals surface area contributed by atoms with E-state index in [4.69, 9.17) is 4.74 Å². The number of hydrogen-bond donors (Lipinski definition) is 1. The summed E-state index contributed by atoms with van der Waals surface area (Å²) in [7, 11) is 1.28. The fraction of sp³-hybridized carbons (Fsp3) is 0.294. The Kier molecular flexibility index (Phi) is 3.90. The maximum absolute atomic E-state index is 13.0. The number of ether oxygens (including phenoxy) is 1. The number of urea groups is 1. The molecule has 0 spiro atoms. The summed E-state index contributed by atoms with van der Waals surface area (Å²) in [6.07, 6.45) is 1.82. The minimum atomic E-state index is -0.568. The third-order valence-electron chi connectivity index (χ3n) is 4.53. The highest BCUT2D eigenvalue weighted by Gasteiger charge is 2.40. The molecule has 2 aliphatic rings. The quantitative estimate of drug-likeness (QED) is 0.828. The zero-order valence-electron chi connectivity index (χ0n) is 14.0. The number of methoxy groups -OCH3 is 1. The SMILES string of the molecule is COC(=O)c1ccc2c(n1)N(C(=O)Nc1ccc(F)cn1)C1CCN2C1. The first-order valence-electron chi connectivity index (χ1n) is 8.13. The number of pyridine rings is 2.